The molecule has 140 valence electrons. The summed E-state index contributed by atoms with van der Waals surface area (Å²) in [6, 6.07) is 3.84. The van der Waals surface area contributed by atoms with Crippen LogP contribution in [-0.4, -0.2) is 36.4 Å². The van der Waals surface area contributed by atoms with Crippen molar-refractivity contribution in [1.29, 1.82) is 0 Å². The lowest BCUT2D eigenvalue weighted by atomic mass is 10.2. The molecule has 1 aromatic heterocycles. The van der Waals surface area contributed by atoms with Gasteiger partial charge in [0, 0.05) is 18.0 Å². The largest absolute Gasteiger partial charge is 0.490 e. The van der Waals surface area contributed by atoms with Crippen LogP contribution in [0.15, 0.2) is 16.7 Å². The molecular weight excluding hydrogens is 365 g/mol. The lowest BCUT2D eigenvalue weighted by molar-refractivity contribution is 0.277. The number of rotatable bonds is 9. The van der Waals surface area contributed by atoms with Gasteiger partial charge in [0.1, 0.15) is 0 Å². The monoisotopic (exact) mass is 389 g/mol. The summed E-state index contributed by atoms with van der Waals surface area (Å²) >= 11 is 6.36. The molecule has 0 spiro atoms. The van der Waals surface area contributed by atoms with Crippen molar-refractivity contribution in [2.24, 2.45) is 0 Å². The van der Waals surface area contributed by atoms with Crippen LogP contribution in [0.3, 0.4) is 0 Å². The molecule has 0 saturated heterocycles. The Labute approximate surface area is 159 Å². The summed E-state index contributed by atoms with van der Waals surface area (Å²) in [7, 11) is 1.90. The van der Waals surface area contributed by atoms with E-state index in [2.05, 4.69) is 22.4 Å². The van der Waals surface area contributed by atoms with Crippen LogP contribution in [0.1, 0.15) is 33.0 Å². The van der Waals surface area contributed by atoms with Gasteiger partial charge in [-0.25, -0.2) is 0 Å². The fraction of sp³-hybridized carbons (Fsp3) is 0.529. The zero-order valence-corrected chi connectivity index (χ0v) is 16.5. The third kappa shape index (κ3) is 5.76. The normalized spacial score (nSPS) is 11.7. The summed E-state index contributed by atoms with van der Waals surface area (Å²) in [5, 5.41) is 7.63. The molecule has 0 aliphatic heterocycles. The highest BCUT2D eigenvalue weighted by molar-refractivity contribution is 6.32. The zero-order valence-electron chi connectivity index (χ0n) is 15.0. The van der Waals surface area contributed by atoms with Crippen molar-refractivity contribution >= 4 is 24.0 Å². The van der Waals surface area contributed by atoms with Crippen LogP contribution in [-0.2, 0) is 6.42 Å². The Bertz CT molecular complexity index is 665. The highest BCUT2D eigenvalue weighted by Crippen LogP contribution is 2.39. The summed E-state index contributed by atoms with van der Waals surface area (Å²) in [5.74, 6) is 2.19. The van der Waals surface area contributed by atoms with Crippen molar-refractivity contribution < 1.29 is 14.0 Å². The van der Waals surface area contributed by atoms with Gasteiger partial charge in [-0.3, -0.25) is 0 Å². The second-order valence-electron chi connectivity index (χ2n) is 5.48. The predicted molar refractivity (Wildman–Crippen MR) is 101 cm³/mol. The first-order chi connectivity index (χ1) is 11.6. The molecule has 0 saturated carbocycles. The molecule has 0 fully saturated rings. The van der Waals surface area contributed by atoms with Gasteiger partial charge in [0.15, 0.2) is 17.3 Å². The second-order valence-corrected chi connectivity index (χ2v) is 5.88. The molecule has 0 amide bonds. The lowest BCUT2D eigenvalue weighted by Gasteiger charge is -2.13. The van der Waals surface area contributed by atoms with Gasteiger partial charge in [-0.15, -0.1) is 12.4 Å². The number of benzene rings is 1. The third-order valence-corrected chi connectivity index (χ3v) is 3.74. The summed E-state index contributed by atoms with van der Waals surface area (Å²) in [6.07, 6.45) is 1.57. The van der Waals surface area contributed by atoms with Crippen LogP contribution in [0.25, 0.3) is 11.5 Å². The van der Waals surface area contributed by atoms with E-state index in [1.54, 1.807) is 6.07 Å². The molecule has 1 heterocycles. The number of nitrogens with zero attached hydrogens (tertiary/aromatic N) is 2. The van der Waals surface area contributed by atoms with Crippen LogP contribution in [0.4, 0.5) is 0 Å². The Kier molecular flexibility index (Phi) is 9.03. The van der Waals surface area contributed by atoms with Gasteiger partial charge in [-0.1, -0.05) is 23.7 Å². The summed E-state index contributed by atoms with van der Waals surface area (Å²) < 4.78 is 16.7. The Balaban J connectivity index is 0.00000312. The molecule has 2 aromatic rings. The average molecular weight is 390 g/mol. The van der Waals surface area contributed by atoms with E-state index in [1.165, 1.54) is 0 Å². The van der Waals surface area contributed by atoms with Crippen LogP contribution in [0, 0.1) is 0 Å². The maximum atomic E-state index is 6.36. The number of aromatic nitrogens is 2. The van der Waals surface area contributed by atoms with E-state index in [-0.39, 0.29) is 18.4 Å². The molecule has 0 aliphatic rings. The van der Waals surface area contributed by atoms with Crippen molar-refractivity contribution in [2.45, 2.75) is 39.7 Å². The molecule has 0 bridgehead atoms. The topological polar surface area (TPSA) is 69.4 Å². The Hall–Kier alpha value is -1.50. The van der Waals surface area contributed by atoms with Gasteiger partial charge < -0.3 is 19.3 Å². The molecule has 6 nitrogen and oxygen atoms in total. The van der Waals surface area contributed by atoms with Gasteiger partial charge in [0.25, 0.3) is 5.89 Å². The molecule has 1 aromatic carbocycles. The Morgan fingerprint density at radius 2 is 2.04 bits per heavy atom. The molecule has 0 aliphatic carbocycles. The first-order valence-corrected chi connectivity index (χ1v) is 8.56. The number of ether oxygens (including phenoxy) is 2. The van der Waals surface area contributed by atoms with Gasteiger partial charge in [0.2, 0.25) is 0 Å². The van der Waals surface area contributed by atoms with Crippen molar-refractivity contribution in [3.8, 4) is 23.0 Å². The summed E-state index contributed by atoms with van der Waals surface area (Å²) in [5.41, 5.74) is 0.711. The van der Waals surface area contributed by atoms with E-state index in [0.717, 1.165) is 6.42 Å². The molecule has 1 unspecified atom stereocenters. The van der Waals surface area contributed by atoms with Crippen LogP contribution in [0.2, 0.25) is 5.02 Å². The highest BCUT2D eigenvalue weighted by Gasteiger charge is 2.17. The van der Waals surface area contributed by atoms with Crippen LogP contribution in [0.5, 0.6) is 11.5 Å². The van der Waals surface area contributed by atoms with Crippen LogP contribution < -0.4 is 14.8 Å². The first kappa shape index (κ1) is 21.5. The predicted octanol–water partition coefficient (Wildman–Crippen LogP) is 4.15. The third-order valence-electron chi connectivity index (χ3n) is 3.46. The van der Waals surface area contributed by atoms with Crippen molar-refractivity contribution in [1.82, 2.24) is 15.5 Å². The molecular formula is C17H25Cl2N3O3. The lowest BCUT2D eigenvalue weighted by Crippen LogP contribution is -2.24. The van der Waals surface area contributed by atoms with Crippen molar-refractivity contribution in [3.05, 3.63) is 23.0 Å². The minimum atomic E-state index is 0. The van der Waals surface area contributed by atoms with Crippen LogP contribution >= 0.6 is 24.0 Å². The smallest absolute Gasteiger partial charge is 0.258 e. The Morgan fingerprint density at radius 1 is 1.28 bits per heavy atom. The van der Waals surface area contributed by atoms with Gasteiger partial charge >= 0.3 is 0 Å². The van der Waals surface area contributed by atoms with E-state index < -0.39 is 0 Å². The zero-order chi connectivity index (χ0) is 17.5. The van der Waals surface area contributed by atoms with Gasteiger partial charge in [-0.05, 0) is 39.4 Å². The average Bonchev–Trinajstić information content (AvgIpc) is 3.02. The van der Waals surface area contributed by atoms with Gasteiger partial charge in [0.05, 0.1) is 18.2 Å². The minimum Gasteiger partial charge on any atom is -0.490 e. The van der Waals surface area contributed by atoms with E-state index in [4.69, 9.17) is 25.6 Å². The molecule has 2 rings (SSSR count). The summed E-state index contributed by atoms with van der Waals surface area (Å²) in [6.45, 7) is 7.09. The molecule has 0 radical (unpaired) electrons. The second kappa shape index (κ2) is 10.5. The molecule has 1 N–H and O–H groups in total. The van der Waals surface area contributed by atoms with Crippen molar-refractivity contribution in [2.75, 3.05) is 20.3 Å². The molecule has 1 atom stereocenters. The maximum Gasteiger partial charge on any atom is 0.258 e. The van der Waals surface area contributed by atoms with Gasteiger partial charge in [-0.2, -0.15) is 4.98 Å². The number of nitrogens with one attached hydrogen (secondary N) is 1. The minimum absolute atomic E-state index is 0. The first-order valence-electron chi connectivity index (χ1n) is 8.18. The number of hydrogen-bond acceptors (Lipinski definition) is 6. The quantitative estimate of drug-likeness (QED) is 0.694. The van der Waals surface area contributed by atoms with E-state index in [0.29, 0.717) is 53.4 Å². The number of likely N-dealkylation sites (N-methyl/N-ethyl adjacent to an activating group) is 1. The number of halogens is 2. The SMILES string of the molecule is CCCOc1c(Cl)cc(-c2nc(CC(C)NC)no2)cc1OCC.Cl. The van der Waals surface area contributed by atoms with E-state index in [9.17, 15) is 0 Å². The molecule has 25 heavy (non-hydrogen) atoms. The number of hydrogen-bond donors (Lipinski definition) is 1. The standard InChI is InChI=1S/C17H24ClN3O3.ClH/c1-5-7-23-16-13(18)9-12(10-14(16)22-6-2)17-20-15(21-24-17)8-11(3)19-4;/h9-11,19H,5-8H2,1-4H3;1H. The maximum absolute atomic E-state index is 6.36. The summed E-state index contributed by atoms with van der Waals surface area (Å²) in [4.78, 5) is 4.43. The Morgan fingerprint density at radius 3 is 2.68 bits per heavy atom. The highest BCUT2D eigenvalue weighted by atomic mass is 35.5. The fourth-order valence-corrected chi connectivity index (χ4v) is 2.39. The molecule has 8 heteroatoms. The van der Waals surface area contributed by atoms with E-state index >= 15 is 0 Å². The van der Waals surface area contributed by atoms with E-state index in [1.807, 2.05) is 27.0 Å². The van der Waals surface area contributed by atoms with Crippen molar-refractivity contribution in [3.63, 3.8) is 0 Å². The fourth-order valence-electron chi connectivity index (χ4n) is 2.13.